The van der Waals surface area contributed by atoms with Crippen molar-refractivity contribution in [3.63, 3.8) is 0 Å². The van der Waals surface area contributed by atoms with Crippen molar-refractivity contribution in [1.29, 1.82) is 0 Å². The molecule has 110 valence electrons. The summed E-state index contributed by atoms with van der Waals surface area (Å²) < 4.78 is 22.8. The van der Waals surface area contributed by atoms with Crippen LogP contribution >= 0.6 is 33.9 Å². The van der Waals surface area contributed by atoms with Crippen molar-refractivity contribution in [3.8, 4) is 0 Å². The van der Waals surface area contributed by atoms with Crippen molar-refractivity contribution in [2.45, 2.75) is 24.2 Å². The number of carbonyl (C=O) groups excluding carboxylic acids is 1. The van der Waals surface area contributed by atoms with E-state index >= 15 is 0 Å². The number of rotatable bonds is 4. The first kappa shape index (κ1) is 15.9. The van der Waals surface area contributed by atoms with E-state index in [9.17, 15) is 13.2 Å². The molecule has 2 rings (SSSR count). The Bertz CT molecular complexity index is 642. The predicted molar refractivity (Wildman–Crippen MR) is 79.2 cm³/mol. The SMILES string of the molecule is O=C(NCC1CCC1)c1cc(Cl)cc(S(=O)(=O)Cl)c1Cl. The summed E-state index contributed by atoms with van der Waals surface area (Å²) in [6.07, 6.45) is 3.35. The largest absolute Gasteiger partial charge is 0.352 e. The van der Waals surface area contributed by atoms with Crippen molar-refractivity contribution in [2.75, 3.05) is 6.54 Å². The fraction of sp³-hybridized carbons (Fsp3) is 0.417. The molecule has 0 spiro atoms. The highest BCUT2D eigenvalue weighted by Gasteiger charge is 2.23. The van der Waals surface area contributed by atoms with Crippen LogP contribution in [0.5, 0.6) is 0 Å². The van der Waals surface area contributed by atoms with Crippen molar-refractivity contribution in [3.05, 3.63) is 27.7 Å². The minimum absolute atomic E-state index is 0.0118. The van der Waals surface area contributed by atoms with E-state index in [1.165, 1.54) is 12.5 Å². The van der Waals surface area contributed by atoms with Crippen LogP contribution in [0, 0.1) is 5.92 Å². The Morgan fingerprint density at radius 3 is 2.45 bits per heavy atom. The van der Waals surface area contributed by atoms with Crippen LogP contribution in [0.15, 0.2) is 17.0 Å². The van der Waals surface area contributed by atoms with E-state index in [1.54, 1.807) is 0 Å². The summed E-state index contributed by atoms with van der Waals surface area (Å²) in [6, 6.07) is 2.44. The average Bonchev–Trinajstić information content (AvgIpc) is 2.28. The minimum atomic E-state index is -4.06. The van der Waals surface area contributed by atoms with Gasteiger partial charge in [-0.05, 0) is 30.9 Å². The highest BCUT2D eigenvalue weighted by Crippen LogP contribution is 2.32. The van der Waals surface area contributed by atoms with Gasteiger partial charge in [-0.2, -0.15) is 0 Å². The zero-order valence-corrected chi connectivity index (χ0v) is 13.4. The van der Waals surface area contributed by atoms with Crippen LogP contribution in [0.4, 0.5) is 0 Å². The molecule has 1 fully saturated rings. The van der Waals surface area contributed by atoms with E-state index in [4.69, 9.17) is 33.9 Å². The normalized spacial score (nSPS) is 15.8. The summed E-state index contributed by atoms with van der Waals surface area (Å²) in [7, 11) is 1.21. The van der Waals surface area contributed by atoms with Gasteiger partial charge in [-0.1, -0.05) is 29.6 Å². The molecule has 4 nitrogen and oxygen atoms in total. The topological polar surface area (TPSA) is 63.2 Å². The molecule has 0 heterocycles. The zero-order chi connectivity index (χ0) is 14.9. The number of amides is 1. The highest BCUT2D eigenvalue weighted by molar-refractivity contribution is 8.13. The van der Waals surface area contributed by atoms with Crippen LogP contribution in [-0.4, -0.2) is 20.9 Å². The molecule has 0 aliphatic heterocycles. The number of carbonyl (C=O) groups is 1. The monoisotopic (exact) mass is 355 g/mol. The Morgan fingerprint density at radius 2 is 1.95 bits per heavy atom. The van der Waals surface area contributed by atoms with Gasteiger partial charge in [0.05, 0.1) is 10.6 Å². The smallest absolute Gasteiger partial charge is 0.262 e. The van der Waals surface area contributed by atoms with Gasteiger partial charge in [0.25, 0.3) is 15.0 Å². The predicted octanol–water partition coefficient (Wildman–Crippen LogP) is 3.45. The van der Waals surface area contributed by atoms with Crippen LogP contribution in [0.1, 0.15) is 29.6 Å². The Balaban J connectivity index is 2.26. The van der Waals surface area contributed by atoms with Gasteiger partial charge in [0.15, 0.2) is 0 Å². The third kappa shape index (κ3) is 3.58. The van der Waals surface area contributed by atoms with E-state index in [-0.39, 0.29) is 20.5 Å². The lowest BCUT2D eigenvalue weighted by Crippen LogP contribution is -2.32. The first-order valence-corrected chi connectivity index (χ1v) is 9.07. The molecule has 1 aliphatic carbocycles. The van der Waals surface area contributed by atoms with E-state index in [0.29, 0.717) is 12.5 Å². The summed E-state index contributed by atoms with van der Waals surface area (Å²) in [5.41, 5.74) is 0.0118. The van der Waals surface area contributed by atoms with Crippen LogP contribution < -0.4 is 5.32 Å². The van der Waals surface area contributed by atoms with Gasteiger partial charge in [0, 0.05) is 22.2 Å². The third-order valence-electron chi connectivity index (χ3n) is 3.29. The lowest BCUT2D eigenvalue weighted by atomic mass is 9.85. The number of halogens is 3. The van der Waals surface area contributed by atoms with E-state index in [0.717, 1.165) is 18.9 Å². The first-order chi connectivity index (χ1) is 9.29. The quantitative estimate of drug-likeness (QED) is 0.840. The van der Waals surface area contributed by atoms with Crippen LogP contribution in [0.2, 0.25) is 10.0 Å². The van der Waals surface area contributed by atoms with Crippen LogP contribution in [0.3, 0.4) is 0 Å². The molecule has 8 heteroatoms. The molecule has 0 aromatic heterocycles. The zero-order valence-electron chi connectivity index (χ0n) is 10.3. The standard InChI is InChI=1S/C12H12Cl3NO3S/c13-8-4-9(11(14)10(5-8)20(15,18)19)12(17)16-6-7-2-1-3-7/h4-5,7H,1-3,6H2,(H,16,17). The molecule has 0 saturated heterocycles. The molecular formula is C12H12Cl3NO3S. The maximum Gasteiger partial charge on any atom is 0.262 e. The van der Waals surface area contributed by atoms with Gasteiger partial charge in [-0.15, -0.1) is 0 Å². The Hall–Kier alpha value is -0.490. The summed E-state index contributed by atoms with van der Waals surface area (Å²) >= 11 is 11.8. The third-order valence-corrected chi connectivity index (χ3v) is 5.37. The lowest BCUT2D eigenvalue weighted by Gasteiger charge is -2.25. The van der Waals surface area contributed by atoms with Gasteiger partial charge in [0.2, 0.25) is 0 Å². The summed E-state index contributed by atoms with van der Waals surface area (Å²) in [5, 5.41) is 2.60. The van der Waals surface area contributed by atoms with Gasteiger partial charge < -0.3 is 5.32 Å². The number of hydrogen-bond acceptors (Lipinski definition) is 3. The molecule has 1 aromatic rings. The molecule has 1 amide bonds. The molecular weight excluding hydrogens is 345 g/mol. The summed E-state index contributed by atoms with van der Waals surface area (Å²) in [6.45, 7) is 0.546. The van der Waals surface area contributed by atoms with Crippen LogP contribution in [-0.2, 0) is 9.05 Å². The fourth-order valence-electron chi connectivity index (χ4n) is 1.94. The molecule has 0 radical (unpaired) electrons. The molecule has 1 saturated carbocycles. The van der Waals surface area contributed by atoms with E-state index < -0.39 is 15.0 Å². The van der Waals surface area contributed by atoms with Gasteiger partial charge in [0.1, 0.15) is 4.90 Å². The molecule has 0 bridgehead atoms. The second kappa shape index (κ2) is 6.10. The maximum atomic E-state index is 12.0. The van der Waals surface area contributed by atoms with Crippen LogP contribution in [0.25, 0.3) is 0 Å². The van der Waals surface area contributed by atoms with Gasteiger partial charge in [-0.25, -0.2) is 8.42 Å². The Labute approximate surface area is 131 Å². The fourth-order valence-corrected chi connectivity index (χ4v) is 3.79. The second-order valence-corrected chi connectivity index (χ2v) is 8.06. The average molecular weight is 357 g/mol. The number of nitrogens with one attached hydrogen (secondary N) is 1. The molecule has 1 aliphatic rings. The van der Waals surface area contributed by atoms with Gasteiger partial charge in [-0.3, -0.25) is 4.79 Å². The molecule has 1 aromatic carbocycles. The first-order valence-electron chi connectivity index (χ1n) is 6.01. The molecule has 1 N–H and O–H groups in total. The molecule has 20 heavy (non-hydrogen) atoms. The van der Waals surface area contributed by atoms with Crippen molar-refractivity contribution in [2.24, 2.45) is 5.92 Å². The number of hydrogen-bond donors (Lipinski definition) is 1. The minimum Gasteiger partial charge on any atom is -0.352 e. The summed E-state index contributed by atoms with van der Waals surface area (Å²) in [5.74, 6) is 0.0270. The second-order valence-electron chi connectivity index (χ2n) is 4.71. The molecule has 0 unspecified atom stereocenters. The lowest BCUT2D eigenvalue weighted by molar-refractivity contribution is 0.0939. The maximum absolute atomic E-state index is 12.0. The van der Waals surface area contributed by atoms with Crippen molar-refractivity contribution in [1.82, 2.24) is 5.32 Å². The Morgan fingerprint density at radius 1 is 1.30 bits per heavy atom. The summed E-state index contributed by atoms with van der Waals surface area (Å²) in [4.78, 5) is 11.7. The van der Waals surface area contributed by atoms with E-state index in [1.807, 2.05) is 0 Å². The number of benzene rings is 1. The Kier molecular flexibility index (Phi) is 4.84. The molecule has 0 atom stereocenters. The van der Waals surface area contributed by atoms with E-state index in [2.05, 4.69) is 5.32 Å². The van der Waals surface area contributed by atoms with Gasteiger partial charge >= 0.3 is 0 Å². The van der Waals surface area contributed by atoms with Crippen molar-refractivity contribution < 1.29 is 13.2 Å². The van der Waals surface area contributed by atoms with Crippen molar-refractivity contribution >= 4 is 48.8 Å². The highest BCUT2D eigenvalue weighted by atomic mass is 35.7.